The van der Waals surface area contributed by atoms with E-state index in [0.29, 0.717) is 4.75 Å². The molecule has 0 aromatic heterocycles. The molecular weight excluding hydrogens is 226 g/mol. The van der Waals surface area contributed by atoms with Crippen LogP contribution in [0.15, 0.2) is 0 Å². The van der Waals surface area contributed by atoms with Crippen LogP contribution in [0.1, 0.15) is 39.5 Å². The summed E-state index contributed by atoms with van der Waals surface area (Å²) in [5.74, 6) is 2.12. The minimum atomic E-state index is 0.491. The van der Waals surface area contributed by atoms with Gasteiger partial charge in [-0.1, -0.05) is 20.3 Å². The van der Waals surface area contributed by atoms with Gasteiger partial charge in [-0.2, -0.15) is 11.8 Å². The average Bonchev–Trinajstić information content (AvgIpc) is 2.35. The maximum absolute atomic E-state index is 5.67. The number of thioether (sulfide) groups is 1. The maximum atomic E-state index is 5.67. The number of halogens is 1. The number of hydrogen-bond donors (Lipinski definition) is 0. The van der Waals surface area contributed by atoms with E-state index in [1.165, 1.54) is 51.1 Å². The Kier molecular flexibility index (Phi) is 6.40. The molecule has 1 nitrogen and oxygen atoms in total. The van der Waals surface area contributed by atoms with Crippen molar-refractivity contribution in [3.05, 3.63) is 0 Å². The van der Waals surface area contributed by atoms with Crippen molar-refractivity contribution in [3.8, 4) is 0 Å². The van der Waals surface area contributed by atoms with Gasteiger partial charge >= 0.3 is 0 Å². The smallest absolute Gasteiger partial charge is 0.0223 e. The van der Waals surface area contributed by atoms with Crippen molar-refractivity contribution in [1.82, 2.24) is 4.90 Å². The van der Waals surface area contributed by atoms with Crippen LogP contribution in [0.5, 0.6) is 0 Å². The molecule has 90 valence electrons. The van der Waals surface area contributed by atoms with Gasteiger partial charge in [-0.05, 0) is 32.4 Å². The minimum absolute atomic E-state index is 0.491. The normalized spacial score (nSPS) is 22.6. The molecule has 1 heterocycles. The van der Waals surface area contributed by atoms with Crippen LogP contribution in [0.25, 0.3) is 0 Å². The molecule has 0 radical (unpaired) electrons. The fourth-order valence-electron chi connectivity index (χ4n) is 1.89. The Labute approximate surface area is 104 Å². The molecule has 1 fully saturated rings. The zero-order chi connectivity index (χ0) is 11.1. The topological polar surface area (TPSA) is 3.24 Å². The first-order valence-corrected chi connectivity index (χ1v) is 7.58. The lowest BCUT2D eigenvalue weighted by Crippen LogP contribution is -2.28. The van der Waals surface area contributed by atoms with E-state index in [1.807, 2.05) is 0 Å². The summed E-state index contributed by atoms with van der Waals surface area (Å²) in [4.78, 5) is 2.62. The lowest BCUT2D eigenvalue weighted by Gasteiger charge is -2.22. The zero-order valence-electron chi connectivity index (χ0n) is 10.1. The van der Waals surface area contributed by atoms with Gasteiger partial charge in [0.25, 0.3) is 0 Å². The van der Waals surface area contributed by atoms with Gasteiger partial charge in [0.05, 0.1) is 0 Å². The number of unbranched alkanes of at least 4 members (excludes halogenated alkanes) is 2. The predicted molar refractivity (Wildman–Crippen MR) is 72.2 cm³/mol. The number of nitrogens with zero attached hydrogens (tertiary/aromatic N) is 1. The summed E-state index contributed by atoms with van der Waals surface area (Å²) in [6, 6.07) is 0. The van der Waals surface area contributed by atoms with Gasteiger partial charge < -0.3 is 4.90 Å². The van der Waals surface area contributed by atoms with Crippen LogP contribution in [-0.4, -0.2) is 40.9 Å². The van der Waals surface area contributed by atoms with E-state index in [4.69, 9.17) is 11.6 Å². The Morgan fingerprint density at radius 3 is 2.73 bits per heavy atom. The Bertz CT molecular complexity index is 173. The molecule has 3 heteroatoms. The number of alkyl halides is 1. The fourth-order valence-corrected chi connectivity index (χ4v) is 3.22. The standard InChI is InChI=1S/C12H24ClNS/c1-12(2)6-9-14(10-11-15-12)8-5-3-4-7-13/h3-11H2,1-2H3. The largest absolute Gasteiger partial charge is 0.302 e. The lowest BCUT2D eigenvalue weighted by atomic mass is 10.1. The molecule has 0 aliphatic carbocycles. The van der Waals surface area contributed by atoms with E-state index in [9.17, 15) is 0 Å². The molecule has 0 aromatic rings. The van der Waals surface area contributed by atoms with E-state index in [1.54, 1.807) is 0 Å². The van der Waals surface area contributed by atoms with E-state index < -0.39 is 0 Å². The number of hydrogen-bond acceptors (Lipinski definition) is 2. The van der Waals surface area contributed by atoms with Crippen LogP contribution in [-0.2, 0) is 0 Å². The first kappa shape index (κ1) is 13.7. The summed E-state index contributed by atoms with van der Waals surface area (Å²) in [6.45, 7) is 8.56. The van der Waals surface area contributed by atoms with Crippen molar-refractivity contribution >= 4 is 23.4 Å². The second-order valence-corrected chi connectivity index (χ2v) is 7.13. The molecule has 0 atom stereocenters. The van der Waals surface area contributed by atoms with Gasteiger partial charge in [-0.25, -0.2) is 0 Å². The third kappa shape index (κ3) is 6.03. The van der Waals surface area contributed by atoms with Gasteiger partial charge in [-0.15, -0.1) is 11.6 Å². The summed E-state index contributed by atoms with van der Waals surface area (Å²) in [7, 11) is 0. The van der Waals surface area contributed by atoms with Crippen LogP contribution < -0.4 is 0 Å². The molecule has 15 heavy (non-hydrogen) atoms. The summed E-state index contributed by atoms with van der Waals surface area (Å²) in [5.41, 5.74) is 0. The molecule has 1 rings (SSSR count). The van der Waals surface area contributed by atoms with Gasteiger partial charge in [0.1, 0.15) is 0 Å². The van der Waals surface area contributed by atoms with Crippen molar-refractivity contribution in [2.45, 2.75) is 44.3 Å². The van der Waals surface area contributed by atoms with Gasteiger partial charge in [0, 0.05) is 22.9 Å². The molecule has 1 aliphatic heterocycles. The highest BCUT2D eigenvalue weighted by atomic mass is 35.5. The van der Waals surface area contributed by atoms with Crippen LogP contribution in [0.4, 0.5) is 0 Å². The average molecular weight is 250 g/mol. The molecule has 0 aromatic carbocycles. The minimum Gasteiger partial charge on any atom is -0.302 e. The van der Waals surface area contributed by atoms with Gasteiger partial charge in [0.15, 0.2) is 0 Å². The predicted octanol–water partition coefficient (Wildman–Crippen LogP) is 3.61. The molecule has 0 spiro atoms. The highest BCUT2D eigenvalue weighted by Crippen LogP contribution is 2.30. The summed E-state index contributed by atoms with van der Waals surface area (Å²) < 4.78 is 0.491. The third-order valence-corrected chi connectivity index (χ3v) is 4.68. The fraction of sp³-hybridized carbons (Fsp3) is 1.00. The molecule has 0 bridgehead atoms. The van der Waals surface area contributed by atoms with Crippen LogP contribution in [0.2, 0.25) is 0 Å². The number of rotatable bonds is 5. The van der Waals surface area contributed by atoms with Crippen molar-refractivity contribution in [2.24, 2.45) is 0 Å². The first-order valence-electron chi connectivity index (χ1n) is 6.06. The highest BCUT2D eigenvalue weighted by molar-refractivity contribution is 8.00. The van der Waals surface area contributed by atoms with Crippen LogP contribution in [0, 0.1) is 0 Å². The van der Waals surface area contributed by atoms with Crippen molar-refractivity contribution < 1.29 is 0 Å². The monoisotopic (exact) mass is 249 g/mol. The Morgan fingerprint density at radius 2 is 2.00 bits per heavy atom. The second-order valence-electron chi connectivity index (χ2n) is 4.95. The highest BCUT2D eigenvalue weighted by Gasteiger charge is 2.22. The van der Waals surface area contributed by atoms with Crippen LogP contribution >= 0.6 is 23.4 Å². The molecule has 0 unspecified atom stereocenters. The first-order chi connectivity index (χ1) is 7.14. The molecule has 0 saturated carbocycles. The van der Waals surface area contributed by atoms with E-state index in [2.05, 4.69) is 30.5 Å². The second kappa shape index (κ2) is 7.03. The summed E-state index contributed by atoms with van der Waals surface area (Å²) in [5, 5.41) is 0. The third-order valence-electron chi connectivity index (χ3n) is 3.04. The summed E-state index contributed by atoms with van der Waals surface area (Å²) in [6.07, 6.45) is 5.11. The Balaban J connectivity index is 2.14. The van der Waals surface area contributed by atoms with E-state index in [0.717, 1.165) is 5.88 Å². The van der Waals surface area contributed by atoms with Crippen molar-refractivity contribution in [2.75, 3.05) is 31.3 Å². The SMILES string of the molecule is CC1(C)CCN(CCCCCCl)CCS1. The van der Waals surface area contributed by atoms with Gasteiger partial charge in [-0.3, -0.25) is 0 Å². The molecule has 1 aliphatic rings. The Morgan fingerprint density at radius 1 is 1.20 bits per heavy atom. The molecule has 0 amide bonds. The molecule has 0 N–H and O–H groups in total. The van der Waals surface area contributed by atoms with Gasteiger partial charge in [0.2, 0.25) is 0 Å². The van der Waals surface area contributed by atoms with E-state index >= 15 is 0 Å². The molecule has 1 saturated heterocycles. The van der Waals surface area contributed by atoms with E-state index in [-0.39, 0.29) is 0 Å². The zero-order valence-corrected chi connectivity index (χ0v) is 11.7. The maximum Gasteiger partial charge on any atom is 0.0223 e. The Hall–Kier alpha value is 0.600. The van der Waals surface area contributed by atoms with Crippen molar-refractivity contribution in [3.63, 3.8) is 0 Å². The van der Waals surface area contributed by atoms with Crippen molar-refractivity contribution in [1.29, 1.82) is 0 Å². The molecular formula is C12H24ClNS. The summed E-state index contributed by atoms with van der Waals surface area (Å²) >= 11 is 7.80. The van der Waals surface area contributed by atoms with Crippen LogP contribution in [0.3, 0.4) is 0 Å². The lowest BCUT2D eigenvalue weighted by molar-refractivity contribution is 0.278. The quantitative estimate of drug-likeness (QED) is 0.541.